The molecule has 0 N–H and O–H groups in total. The van der Waals surface area contributed by atoms with Gasteiger partial charge in [0.15, 0.2) is 0 Å². The second kappa shape index (κ2) is 6.90. The number of carbonyl (C=O) groups excluding carboxylic acids is 2. The summed E-state index contributed by atoms with van der Waals surface area (Å²) in [5, 5.41) is 0. The third-order valence-corrected chi connectivity index (χ3v) is 6.09. The van der Waals surface area contributed by atoms with Gasteiger partial charge in [0.05, 0.1) is 23.7 Å². The molecule has 2 aliphatic rings. The molecule has 0 bridgehead atoms. The molecule has 1 spiro atoms. The zero-order chi connectivity index (χ0) is 20.8. The predicted octanol–water partition coefficient (Wildman–Crippen LogP) is 4.40. The van der Waals surface area contributed by atoms with Crippen LogP contribution in [0, 0.1) is 5.41 Å². The molecule has 0 radical (unpaired) electrons. The van der Waals surface area contributed by atoms with E-state index in [1.807, 2.05) is 12.1 Å². The summed E-state index contributed by atoms with van der Waals surface area (Å²) in [6, 6.07) is 10.2. The average molecular weight is 403 g/mol. The highest BCUT2D eigenvalue weighted by Crippen LogP contribution is 2.46. The number of esters is 1. The number of ether oxygens (including phenoxy) is 1. The molecule has 152 valence electrons. The van der Waals surface area contributed by atoms with Crippen molar-refractivity contribution in [3.05, 3.63) is 64.7 Å². The van der Waals surface area contributed by atoms with Crippen molar-refractivity contribution in [2.24, 2.45) is 5.41 Å². The molecule has 1 amide bonds. The van der Waals surface area contributed by atoms with Crippen LogP contribution in [0.3, 0.4) is 0 Å². The minimum absolute atomic E-state index is 0.0948. The van der Waals surface area contributed by atoms with Crippen molar-refractivity contribution >= 4 is 17.6 Å². The number of halogens is 3. The minimum Gasteiger partial charge on any atom is -0.465 e. The number of alkyl halides is 3. The number of hydrogen-bond donors (Lipinski definition) is 0. The van der Waals surface area contributed by atoms with E-state index in [9.17, 15) is 22.8 Å². The van der Waals surface area contributed by atoms with Crippen molar-refractivity contribution < 1.29 is 27.5 Å². The van der Waals surface area contributed by atoms with Gasteiger partial charge in [-0.15, -0.1) is 0 Å². The largest absolute Gasteiger partial charge is 0.465 e. The maximum absolute atomic E-state index is 13.3. The van der Waals surface area contributed by atoms with Gasteiger partial charge >= 0.3 is 12.1 Å². The number of nitrogens with zero attached hydrogens (tertiary/aromatic N) is 1. The fraction of sp³-hybridized carbons (Fsp3) is 0.364. The second-order valence-corrected chi connectivity index (χ2v) is 7.64. The van der Waals surface area contributed by atoms with E-state index in [0.717, 1.165) is 23.3 Å². The van der Waals surface area contributed by atoms with Crippen molar-refractivity contribution in [1.29, 1.82) is 0 Å². The molecule has 29 heavy (non-hydrogen) atoms. The molecular formula is C22H20F3NO3. The zero-order valence-corrected chi connectivity index (χ0v) is 15.9. The summed E-state index contributed by atoms with van der Waals surface area (Å²) in [6.45, 7) is 0.444. The SMILES string of the molecule is COC(=O)c1cccc2c1C[C@]1(CC2)CCN(c2ccc(C(F)(F)F)cc2)C1=O. The molecule has 0 aromatic heterocycles. The summed E-state index contributed by atoms with van der Waals surface area (Å²) in [7, 11) is 1.33. The number of aryl methyl sites for hydroxylation is 1. The van der Waals surface area contributed by atoms with E-state index < -0.39 is 23.1 Å². The Morgan fingerprint density at radius 1 is 1.10 bits per heavy atom. The van der Waals surface area contributed by atoms with Crippen LogP contribution in [-0.4, -0.2) is 25.5 Å². The Hall–Kier alpha value is -2.83. The van der Waals surface area contributed by atoms with Gasteiger partial charge in [-0.1, -0.05) is 12.1 Å². The summed E-state index contributed by atoms with van der Waals surface area (Å²) in [4.78, 5) is 27.0. The van der Waals surface area contributed by atoms with Crippen molar-refractivity contribution in [3.8, 4) is 0 Å². The van der Waals surface area contributed by atoms with Gasteiger partial charge < -0.3 is 9.64 Å². The first kappa shape index (κ1) is 19.5. The molecule has 1 atom stereocenters. The maximum Gasteiger partial charge on any atom is 0.416 e. The molecule has 4 nitrogen and oxygen atoms in total. The maximum atomic E-state index is 13.3. The van der Waals surface area contributed by atoms with Crippen molar-refractivity contribution in [1.82, 2.24) is 0 Å². The van der Waals surface area contributed by atoms with Crippen LogP contribution in [0.1, 0.15) is 39.9 Å². The zero-order valence-electron chi connectivity index (χ0n) is 15.9. The molecule has 1 fully saturated rings. The smallest absolute Gasteiger partial charge is 0.416 e. The number of carbonyl (C=O) groups is 2. The highest BCUT2D eigenvalue weighted by atomic mass is 19.4. The lowest BCUT2D eigenvalue weighted by Gasteiger charge is -2.34. The number of fused-ring (bicyclic) bond motifs is 1. The Morgan fingerprint density at radius 3 is 2.48 bits per heavy atom. The van der Waals surface area contributed by atoms with Gasteiger partial charge in [0, 0.05) is 12.2 Å². The van der Waals surface area contributed by atoms with Crippen molar-refractivity contribution in [2.75, 3.05) is 18.6 Å². The third kappa shape index (κ3) is 3.28. The molecule has 4 rings (SSSR count). The Bertz CT molecular complexity index is 968. The topological polar surface area (TPSA) is 46.6 Å². The lowest BCUT2D eigenvalue weighted by molar-refractivity contribution is -0.137. The van der Waals surface area contributed by atoms with E-state index in [1.54, 1.807) is 11.0 Å². The molecule has 0 unspecified atom stereocenters. The van der Waals surface area contributed by atoms with Gasteiger partial charge in [-0.25, -0.2) is 4.79 Å². The second-order valence-electron chi connectivity index (χ2n) is 7.64. The van der Waals surface area contributed by atoms with E-state index >= 15 is 0 Å². The molecular weight excluding hydrogens is 383 g/mol. The molecule has 7 heteroatoms. The Labute approximate surface area is 166 Å². The number of hydrogen-bond acceptors (Lipinski definition) is 3. The highest BCUT2D eigenvalue weighted by Gasteiger charge is 2.49. The fourth-order valence-electron chi connectivity index (χ4n) is 4.47. The van der Waals surface area contributed by atoms with Crippen LogP contribution in [0.15, 0.2) is 42.5 Å². The van der Waals surface area contributed by atoms with Gasteiger partial charge in [-0.05, 0) is 67.1 Å². The molecule has 1 saturated heterocycles. The van der Waals surface area contributed by atoms with E-state index in [2.05, 4.69) is 0 Å². The van der Waals surface area contributed by atoms with Crippen molar-refractivity contribution in [3.63, 3.8) is 0 Å². The Morgan fingerprint density at radius 2 is 1.83 bits per heavy atom. The first-order valence-corrected chi connectivity index (χ1v) is 9.43. The van der Waals surface area contributed by atoms with Gasteiger partial charge in [-0.3, -0.25) is 4.79 Å². The first-order valence-electron chi connectivity index (χ1n) is 9.43. The summed E-state index contributed by atoms with van der Waals surface area (Å²) >= 11 is 0. The quantitative estimate of drug-likeness (QED) is 0.698. The van der Waals surface area contributed by atoms with Crippen LogP contribution in [-0.2, 0) is 28.5 Å². The molecule has 1 heterocycles. The van der Waals surface area contributed by atoms with E-state index in [-0.39, 0.29) is 5.91 Å². The molecule has 1 aliphatic heterocycles. The number of methoxy groups -OCH3 is 1. The lowest BCUT2D eigenvalue weighted by atomic mass is 9.69. The van der Waals surface area contributed by atoms with Crippen LogP contribution in [0.5, 0.6) is 0 Å². The van der Waals surface area contributed by atoms with Crippen LogP contribution in [0.25, 0.3) is 0 Å². The normalized spacial score (nSPS) is 21.4. The average Bonchev–Trinajstić information content (AvgIpc) is 3.02. The Kier molecular flexibility index (Phi) is 4.63. The van der Waals surface area contributed by atoms with Crippen molar-refractivity contribution in [2.45, 2.75) is 31.9 Å². The third-order valence-electron chi connectivity index (χ3n) is 6.09. The molecule has 1 aliphatic carbocycles. The van der Waals surface area contributed by atoms with E-state index in [4.69, 9.17) is 4.74 Å². The predicted molar refractivity (Wildman–Crippen MR) is 101 cm³/mol. The standard InChI is InChI=1S/C22H20F3NO3/c1-29-19(27)17-4-2-3-14-9-10-21(13-18(14)17)11-12-26(20(21)28)16-7-5-15(6-8-16)22(23,24)25/h2-8H,9-13H2,1H3/t21-/m0/s1. The molecule has 2 aromatic carbocycles. The Balaban J connectivity index is 1.62. The number of rotatable bonds is 2. The van der Waals surface area contributed by atoms with E-state index in [1.165, 1.54) is 19.2 Å². The van der Waals surface area contributed by atoms with Gasteiger partial charge in [0.25, 0.3) is 0 Å². The highest BCUT2D eigenvalue weighted by molar-refractivity contribution is 6.01. The number of benzene rings is 2. The van der Waals surface area contributed by atoms with Crippen LogP contribution in [0.2, 0.25) is 0 Å². The summed E-state index contributed by atoms with van der Waals surface area (Å²) < 4.78 is 43.3. The summed E-state index contributed by atoms with van der Waals surface area (Å²) in [6.07, 6.45) is -2.05. The summed E-state index contributed by atoms with van der Waals surface area (Å²) in [5.74, 6) is -0.522. The monoisotopic (exact) mass is 403 g/mol. The molecule has 0 saturated carbocycles. The van der Waals surface area contributed by atoms with Gasteiger partial charge in [-0.2, -0.15) is 13.2 Å². The number of amides is 1. The molecule has 2 aromatic rings. The minimum atomic E-state index is -4.41. The lowest BCUT2D eigenvalue weighted by Crippen LogP contribution is -2.39. The fourth-order valence-corrected chi connectivity index (χ4v) is 4.47. The number of anilines is 1. The van der Waals surface area contributed by atoms with Gasteiger partial charge in [0.1, 0.15) is 0 Å². The van der Waals surface area contributed by atoms with Gasteiger partial charge in [0.2, 0.25) is 5.91 Å². The summed E-state index contributed by atoms with van der Waals surface area (Å²) in [5.41, 5.74) is 1.45. The first-order chi connectivity index (χ1) is 13.7. The van der Waals surface area contributed by atoms with Crippen LogP contribution < -0.4 is 4.90 Å². The van der Waals surface area contributed by atoms with Crippen LogP contribution in [0.4, 0.5) is 18.9 Å². The van der Waals surface area contributed by atoms with Crippen LogP contribution >= 0.6 is 0 Å². The van der Waals surface area contributed by atoms with E-state index in [0.29, 0.717) is 43.5 Å².